The van der Waals surface area contributed by atoms with E-state index in [-0.39, 0.29) is 54.8 Å². The number of hydrogen-bond acceptors (Lipinski definition) is 6. The molecule has 0 fully saturated rings. The molecule has 2 aromatic heterocycles. The maximum atomic E-state index is 13.3. The number of aliphatic hydroxyl groups is 1. The molecule has 0 amide bonds. The third kappa shape index (κ3) is 4.69. The minimum atomic E-state index is -3.00. The first-order valence-electron chi connectivity index (χ1n) is 10.5. The number of aromatic nitrogens is 4. The molecule has 2 heterocycles. The molecule has 4 aromatic rings. The largest absolute Gasteiger partial charge is 0.435 e. The summed E-state index contributed by atoms with van der Waals surface area (Å²) in [6.07, 6.45) is 0.230. The Hall–Kier alpha value is -3.99. The van der Waals surface area contributed by atoms with Crippen LogP contribution in [-0.4, -0.2) is 37.0 Å². The van der Waals surface area contributed by atoms with Gasteiger partial charge in [0, 0.05) is 26.3 Å². The van der Waals surface area contributed by atoms with E-state index >= 15 is 0 Å². The second-order valence-corrected chi connectivity index (χ2v) is 7.47. The molecule has 34 heavy (non-hydrogen) atoms. The number of ether oxygens (including phenoxy) is 2. The van der Waals surface area contributed by atoms with Gasteiger partial charge in [-0.1, -0.05) is 36.4 Å². The standard InChI is InChI=1S/C23H22F2N4O5/c1-27-19-18(20(31)28(23(27)32)11-6-12-30)29(14-15-7-3-2-4-8-15)22(26-19)34-17-10-5-9-16(13-17)33-21(24)25/h2-5,7-10,13,21,30H,6,11-12,14H2,1H3. The van der Waals surface area contributed by atoms with Gasteiger partial charge in [0.05, 0.1) is 6.54 Å². The SMILES string of the molecule is Cn1c(=O)n(CCCO)c(=O)c2c1nc(Oc1cccc(OC(F)F)c1)n2Cc1ccccc1. The molecule has 0 aliphatic carbocycles. The third-order valence-corrected chi connectivity index (χ3v) is 5.16. The van der Waals surface area contributed by atoms with Crippen LogP contribution in [0.25, 0.3) is 11.2 Å². The van der Waals surface area contributed by atoms with Crippen molar-refractivity contribution in [2.45, 2.75) is 26.1 Å². The molecule has 178 valence electrons. The van der Waals surface area contributed by atoms with Gasteiger partial charge in [0.2, 0.25) is 0 Å². The maximum Gasteiger partial charge on any atom is 0.387 e. The number of nitrogens with zero attached hydrogens (tertiary/aromatic N) is 4. The molecule has 0 aliphatic heterocycles. The summed E-state index contributed by atoms with van der Waals surface area (Å²) in [7, 11) is 1.49. The molecule has 0 saturated carbocycles. The third-order valence-electron chi connectivity index (χ3n) is 5.16. The van der Waals surface area contributed by atoms with Crippen LogP contribution in [0.4, 0.5) is 8.78 Å². The molecule has 0 atom stereocenters. The Bertz CT molecular complexity index is 1410. The van der Waals surface area contributed by atoms with Crippen molar-refractivity contribution in [3.8, 4) is 17.5 Å². The predicted molar refractivity (Wildman–Crippen MR) is 120 cm³/mol. The maximum absolute atomic E-state index is 13.3. The van der Waals surface area contributed by atoms with Crippen LogP contribution in [0.15, 0.2) is 64.2 Å². The highest BCUT2D eigenvalue weighted by Crippen LogP contribution is 2.28. The molecule has 0 bridgehead atoms. The van der Waals surface area contributed by atoms with Gasteiger partial charge in [-0.05, 0) is 24.1 Å². The van der Waals surface area contributed by atoms with Crippen LogP contribution in [0.2, 0.25) is 0 Å². The Morgan fingerprint density at radius 2 is 1.76 bits per heavy atom. The van der Waals surface area contributed by atoms with Crippen molar-refractivity contribution >= 4 is 11.2 Å². The number of hydrogen-bond donors (Lipinski definition) is 1. The average molecular weight is 472 g/mol. The van der Waals surface area contributed by atoms with Gasteiger partial charge in [0.15, 0.2) is 11.2 Å². The van der Waals surface area contributed by atoms with Crippen molar-refractivity contribution in [1.82, 2.24) is 18.7 Å². The van der Waals surface area contributed by atoms with Crippen LogP contribution in [0.3, 0.4) is 0 Å². The summed E-state index contributed by atoms with van der Waals surface area (Å²) in [4.78, 5) is 30.5. The summed E-state index contributed by atoms with van der Waals surface area (Å²) in [5.74, 6) is 0.0605. The number of benzene rings is 2. The fourth-order valence-corrected chi connectivity index (χ4v) is 3.59. The highest BCUT2D eigenvalue weighted by atomic mass is 19.3. The Morgan fingerprint density at radius 3 is 2.47 bits per heavy atom. The van der Waals surface area contributed by atoms with Gasteiger partial charge in [-0.3, -0.25) is 18.5 Å². The molecule has 11 heteroatoms. The smallest absolute Gasteiger partial charge is 0.387 e. The first kappa shape index (κ1) is 23.2. The summed E-state index contributed by atoms with van der Waals surface area (Å²) < 4.78 is 39.3. The number of aliphatic hydroxyl groups excluding tert-OH is 1. The van der Waals surface area contributed by atoms with Crippen LogP contribution in [0, 0.1) is 0 Å². The summed E-state index contributed by atoms with van der Waals surface area (Å²) in [6, 6.07) is 14.9. The summed E-state index contributed by atoms with van der Waals surface area (Å²) in [5, 5.41) is 9.17. The zero-order chi connectivity index (χ0) is 24.2. The Kier molecular flexibility index (Phi) is 6.73. The number of rotatable bonds is 9. The van der Waals surface area contributed by atoms with Gasteiger partial charge in [-0.15, -0.1) is 0 Å². The zero-order valence-electron chi connectivity index (χ0n) is 18.2. The molecular weight excluding hydrogens is 450 g/mol. The van der Waals surface area contributed by atoms with Gasteiger partial charge in [0.25, 0.3) is 5.56 Å². The lowest BCUT2D eigenvalue weighted by Crippen LogP contribution is -2.39. The zero-order valence-corrected chi connectivity index (χ0v) is 18.2. The van der Waals surface area contributed by atoms with Gasteiger partial charge < -0.3 is 14.6 Å². The quantitative estimate of drug-likeness (QED) is 0.402. The lowest BCUT2D eigenvalue weighted by atomic mass is 10.2. The van der Waals surface area contributed by atoms with E-state index in [1.807, 2.05) is 30.3 Å². The molecule has 0 radical (unpaired) electrons. The molecule has 0 spiro atoms. The summed E-state index contributed by atoms with van der Waals surface area (Å²) >= 11 is 0. The molecular formula is C23H22F2N4O5. The fourth-order valence-electron chi connectivity index (χ4n) is 3.59. The topological polar surface area (TPSA) is 101 Å². The Labute approximate surface area is 192 Å². The first-order chi connectivity index (χ1) is 16.4. The Balaban J connectivity index is 1.88. The van der Waals surface area contributed by atoms with E-state index in [0.29, 0.717) is 0 Å². The van der Waals surface area contributed by atoms with Gasteiger partial charge in [-0.2, -0.15) is 13.8 Å². The van der Waals surface area contributed by atoms with E-state index in [4.69, 9.17) is 9.84 Å². The number of alkyl halides is 2. The van der Waals surface area contributed by atoms with Crippen LogP contribution >= 0.6 is 0 Å². The lowest BCUT2D eigenvalue weighted by molar-refractivity contribution is -0.0499. The van der Waals surface area contributed by atoms with Gasteiger partial charge >= 0.3 is 18.3 Å². The molecule has 0 unspecified atom stereocenters. The minimum Gasteiger partial charge on any atom is -0.435 e. The van der Waals surface area contributed by atoms with Crippen molar-refractivity contribution in [1.29, 1.82) is 0 Å². The number of imidazole rings is 1. The van der Waals surface area contributed by atoms with E-state index in [2.05, 4.69) is 9.72 Å². The van der Waals surface area contributed by atoms with Crippen LogP contribution < -0.4 is 20.7 Å². The van der Waals surface area contributed by atoms with E-state index in [0.717, 1.165) is 10.1 Å². The van der Waals surface area contributed by atoms with E-state index in [1.54, 1.807) is 0 Å². The second-order valence-electron chi connectivity index (χ2n) is 7.47. The van der Waals surface area contributed by atoms with Crippen LogP contribution in [0.1, 0.15) is 12.0 Å². The molecule has 1 N–H and O–H groups in total. The number of halogens is 2. The van der Waals surface area contributed by atoms with Crippen molar-refractivity contribution < 1.29 is 23.4 Å². The average Bonchev–Trinajstić information content (AvgIpc) is 3.16. The first-order valence-corrected chi connectivity index (χ1v) is 10.5. The molecule has 0 saturated heterocycles. The summed E-state index contributed by atoms with van der Waals surface area (Å²) in [6.45, 7) is -2.93. The highest BCUT2D eigenvalue weighted by Gasteiger charge is 2.22. The van der Waals surface area contributed by atoms with E-state index < -0.39 is 17.9 Å². The minimum absolute atomic E-state index is 0.0000539. The van der Waals surface area contributed by atoms with E-state index in [9.17, 15) is 18.4 Å². The summed E-state index contributed by atoms with van der Waals surface area (Å²) in [5.41, 5.74) is -0.0505. The predicted octanol–water partition coefficient (Wildman–Crippen LogP) is 2.72. The number of fused-ring (bicyclic) bond motifs is 1. The lowest BCUT2D eigenvalue weighted by Gasteiger charge is -2.12. The number of aryl methyl sites for hydroxylation is 1. The van der Waals surface area contributed by atoms with Crippen LogP contribution in [0.5, 0.6) is 17.5 Å². The molecule has 4 rings (SSSR count). The molecule has 2 aromatic carbocycles. The van der Waals surface area contributed by atoms with Crippen molar-refractivity contribution in [3.63, 3.8) is 0 Å². The molecule has 0 aliphatic rings. The fraction of sp³-hybridized carbons (Fsp3) is 0.261. The normalized spacial score (nSPS) is 11.3. The second kappa shape index (κ2) is 9.87. The van der Waals surface area contributed by atoms with Crippen molar-refractivity contribution in [3.05, 3.63) is 81.0 Å². The van der Waals surface area contributed by atoms with Gasteiger partial charge in [0.1, 0.15) is 11.5 Å². The highest BCUT2D eigenvalue weighted by molar-refractivity contribution is 5.72. The molecule has 9 nitrogen and oxygen atoms in total. The van der Waals surface area contributed by atoms with Crippen molar-refractivity contribution in [2.24, 2.45) is 7.05 Å². The van der Waals surface area contributed by atoms with Crippen molar-refractivity contribution in [2.75, 3.05) is 6.61 Å². The van der Waals surface area contributed by atoms with Gasteiger partial charge in [-0.25, -0.2) is 4.79 Å². The monoisotopic (exact) mass is 472 g/mol. The van der Waals surface area contributed by atoms with Crippen LogP contribution in [-0.2, 0) is 20.1 Å². The van der Waals surface area contributed by atoms with E-state index in [1.165, 1.54) is 40.4 Å². The Morgan fingerprint density at radius 1 is 1.03 bits per heavy atom.